The van der Waals surface area contributed by atoms with E-state index in [1.807, 2.05) is 11.3 Å². The van der Waals surface area contributed by atoms with Crippen LogP contribution in [-0.2, 0) is 13.1 Å². The number of thiophene rings is 1. The van der Waals surface area contributed by atoms with Crippen molar-refractivity contribution in [1.29, 1.82) is 0 Å². The summed E-state index contributed by atoms with van der Waals surface area (Å²) in [4.78, 5) is 5.70. The van der Waals surface area contributed by atoms with Crippen molar-refractivity contribution in [2.24, 2.45) is 0 Å². The highest BCUT2D eigenvalue weighted by Crippen LogP contribution is 2.28. The van der Waals surface area contributed by atoms with E-state index in [1.165, 1.54) is 39.4 Å². The van der Waals surface area contributed by atoms with Gasteiger partial charge in [0.25, 0.3) is 0 Å². The van der Waals surface area contributed by atoms with E-state index < -0.39 is 0 Å². The average molecular weight is 396 g/mol. The number of nitrogens with one attached hydrogen (secondary N) is 1. The molecule has 2 aromatic rings. The number of likely N-dealkylation sites (N-methyl/N-ethyl adjacent to an activating group) is 1. The SMILES string of the molecule is CC[NH+](CC)CCN(Cc1ccccc1)Cc1cc(C)c(Br)s1. The smallest absolute Gasteiger partial charge is 0.0900 e. The number of rotatable bonds is 9. The van der Waals surface area contributed by atoms with E-state index in [-0.39, 0.29) is 0 Å². The summed E-state index contributed by atoms with van der Waals surface area (Å²) < 4.78 is 1.27. The first kappa shape index (κ1) is 18.7. The highest BCUT2D eigenvalue weighted by molar-refractivity contribution is 9.11. The molecule has 1 N–H and O–H groups in total. The van der Waals surface area contributed by atoms with Gasteiger partial charge in [0, 0.05) is 24.5 Å². The number of nitrogens with zero attached hydrogens (tertiary/aromatic N) is 1. The molecule has 0 saturated carbocycles. The molecule has 2 rings (SSSR count). The first-order chi connectivity index (χ1) is 11.1. The van der Waals surface area contributed by atoms with E-state index in [4.69, 9.17) is 0 Å². The molecular weight excluding hydrogens is 368 g/mol. The topological polar surface area (TPSA) is 7.68 Å². The van der Waals surface area contributed by atoms with Crippen LogP contribution in [0, 0.1) is 6.92 Å². The van der Waals surface area contributed by atoms with Gasteiger partial charge in [0.2, 0.25) is 0 Å². The fraction of sp³-hybridized carbons (Fsp3) is 0.474. The van der Waals surface area contributed by atoms with E-state index in [9.17, 15) is 0 Å². The Hall–Kier alpha value is -0.680. The Morgan fingerprint density at radius 3 is 2.35 bits per heavy atom. The van der Waals surface area contributed by atoms with Crippen molar-refractivity contribution in [1.82, 2.24) is 4.90 Å². The van der Waals surface area contributed by atoms with Crippen molar-refractivity contribution in [2.75, 3.05) is 26.2 Å². The van der Waals surface area contributed by atoms with Crippen LogP contribution in [0.5, 0.6) is 0 Å². The lowest BCUT2D eigenvalue weighted by Gasteiger charge is -2.24. The Morgan fingerprint density at radius 1 is 1.09 bits per heavy atom. The number of benzene rings is 1. The number of hydrogen-bond donors (Lipinski definition) is 1. The zero-order valence-corrected chi connectivity index (χ0v) is 16.8. The number of halogens is 1. The summed E-state index contributed by atoms with van der Waals surface area (Å²) in [5.74, 6) is 0. The van der Waals surface area contributed by atoms with Crippen LogP contribution in [0.1, 0.15) is 29.9 Å². The predicted octanol–water partition coefficient (Wildman–Crippen LogP) is 3.75. The van der Waals surface area contributed by atoms with Gasteiger partial charge in [-0.25, -0.2) is 0 Å². The van der Waals surface area contributed by atoms with Crippen molar-refractivity contribution < 1.29 is 4.90 Å². The summed E-state index contributed by atoms with van der Waals surface area (Å²) in [5, 5.41) is 0. The molecule has 0 radical (unpaired) electrons. The molecule has 0 aliphatic heterocycles. The maximum Gasteiger partial charge on any atom is 0.0900 e. The summed E-state index contributed by atoms with van der Waals surface area (Å²) in [6.07, 6.45) is 0. The van der Waals surface area contributed by atoms with Gasteiger partial charge in [0.15, 0.2) is 0 Å². The molecule has 1 aromatic heterocycles. The lowest BCUT2D eigenvalue weighted by atomic mass is 10.2. The van der Waals surface area contributed by atoms with E-state index in [1.54, 1.807) is 4.90 Å². The lowest BCUT2D eigenvalue weighted by molar-refractivity contribution is -0.895. The molecule has 0 aliphatic rings. The maximum atomic E-state index is 3.65. The maximum absolute atomic E-state index is 3.65. The molecule has 23 heavy (non-hydrogen) atoms. The third-order valence-corrected chi connectivity index (χ3v) is 6.44. The summed E-state index contributed by atoms with van der Waals surface area (Å²) >= 11 is 5.52. The molecule has 2 nitrogen and oxygen atoms in total. The minimum absolute atomic E-state index is 1.02. The lowest BCUT2D eigenvalue weighted by Crippen LogP contribution is -3.12. The Bertz CT molecular complexity index is 559. The molecule has 0 unspecified atom stereocenters. The van der Waals surface area contributed by atoms with Gasteiger partial charge in [-0.1, -0.05) is 30.3 Å². The second-order valence-corrected chi connectivity index (χ2v) is 8.53. The molecule has 0 saturated heterocycles. The molecule has 1 heterocycles. The van der Waals surface area contributed by atoms with Gasteiger partial charge in [0.1, 0.15) is 0 Å². The van der Waals surface area contributed by atoms with Crippen LogP contribution >= 0.6 is 27.3 Å². The van der Waals surface area contributed by atoms with Crippen molar-refractivity contribution in [3.63, 3.8) is 0 Å². The molecule has 0 atom stereocenters. The summed E-state index contributed by atoms with van der Waals surface area (Å²) in [6, 6.07) is 13.1. The van der Waals surface area contributed by atoms with E-state index in [0.717, 1.165) is 19.6 Å². The molecule has 0 bridgehead atoms. The van der Waals surface area contributed by atoms with Crippen LogP contribution in [0.2, 0.25) is 0 Å². The van der Waals surface area contributed by atoms with Crippen LogP contribution in [0.3, 0.4) is 0 Å². The largest absolute Gasteiger partial charge is 0.334 e. The van der Waals surface area contributed by atoms with Gasteiger partial charge < -0.3 is 4.90 Å². The van der Waals surface area contributed by atoms with Crippen LogP contribution in [0.25, 0.3) is 0 Å². The molecule has 1 aromatic carbocycles. The summed E-state index contributed by atoms with van der Waals surface area (Å²) in [6.45, 7) is 13.6. The third kappa shape index (κ3) is 6.03. The Labute approximate surface area is 153 Å². The molecule has 0 spiro atoms. The summed E-state index contributed by atoms with van der Waals surface area (Å²) in [5.41, 5.74) is 2.74. The molecule has 0 aliphatic carbocycles. The zero-order chi connectivity index (χ0) is 16.7. The van der Waals surface area contributed by atoms with Crippen molar-refractivity contribution >= 4 is 27.3 Å². The van der Waals surface area contributed by atoms with Crippen molar-refractivity contribution in [2.45, 2.75) is 33.9 Å². The van der Waals surface area contributed by atoms with Gasteiger partial charge >= 0.3 is 0 Å². The third-order valence-electron chi connectivity index (χ3n) is 4.32. The predicted molar refractivity (Wildman–Crippen MR) is 104 cm³/mol. The van der Waals surface area contributed by atoms with E-state index in [2.05, 4.69) is 78.0 Å². The minimum Gasteiger partial charge on any atom is -0.334 e. The molecule has 126 valence electrons. The zero-order valence-electron chi connectivity index (χ0n) is 14.4. The quantitative estimate of drug-likeness (QED) is 0.679. The second-order valence-electron chi connectivity index (χ2n) is 6.07. The monoisotopic (exact) mass is 395 g/mol. The second kappa shape index (κ2) is 9.58. The van der Waals surface area contributed by atoms with Crippen LogP contribution < -0.4 is 4.90 Å². The van der Waals surface area contributed by atoms with Crippen LogP contribution in [-0.4, -0.2) is 31.1 Å². The Balaban J connectivity index is 2.03. The van der Waals surface area contributed by atoms with Gasteiger partial charge in [-0.05, 0) is 53.9 Å². The number of quaternary nitrogens is 1. The van der Waals surface area contributed by atoms with Gasteiger partial charge in [-0.15, -0.1) is 11.3 Å². The summed E-state index contributed by atoms with van der Waals surface area (Å²) in [7, 11) is 0. The van der Waals surface area contributed by atoms with Gasteiger partial charge in [-0.2, -0.15) is 0 Å². The number of hydrogen-bond acceptors (Lipinski definition) is 2. The van der Waals surface area contributed by atoms with Gasteiger partial charge in [-0.3, -0.25) is 4.90 Å². The highest BCUT2D eigenvalue weighted by Gasteiger charge is 2.13. The number of aryl methyl sites for hydroxylation is 1. The molecular formula is C19H28BrN2S+. The molecule has 0 fully saturated rings. The first-order valence-electron chi connectivity index (χ1n) is 8.47. The van der Waals surface area contributed by atoms with E-state index >= 15 is 0 Å². The Morgan fingerprint density at radius 2 is 1.78 bits per heavy atom. The minimum atomic E-state index is 1.02. The first-order valence-corrected chi connectivity index (χ1v) is 10.1. The fourth-order valence-electron chi connectivity index (χ4n) is 2.80. The fourth-order valence-corrected chi connectivity index (χ4v) is 4.47. The molecule has 0 amide bonds. The van der Waals surface area contributed by atoms with Gasteiger partial charge in [0.05, 0.1) is 23.4 Å². The van der Waals surface area contributed by atoms with Crippen molar-refractivity contribution in [3.05, 3.63) is 56.2 Å². The van der Waals surface area contributed by atoms with Crippen LogP contribution in [0.15, 0.2) is 40.2 Å². The highest BCUT2D eigenvalue weighted by atomic mass is 79.9. The average Bonchev–Trinajstić information content (AvgIpc) is 2.87. The van der Waals surface area contributed by atoms with Crippen molar-refractivity contribution in [3.8, 4) is 0 Å². The van der Waals surface area contributed by atoms with Crippen LogP contribution in [0.4, 0.5) is 0 Å². The normalized spacial score (nSPS) is 11.6. The van der Waals surface area contributed by atoms with E-state index in [0.29, 0.717) is 0 Å². The Kier molecular flexibility index (Phi) is 7.77. The molecule has 4 heteroatoms. The standard InChI is InChI=1S/C19H27BrN2S/c1-4-21(5-2)11-12-22(14-17-9-7-6-8-10-17)15-18-13-16(3)19(20)23-18/h6-10,13H,4-5,11-12,14-15H2,1-3H3/p+1.